The third-order valence-corrected chi connectivity index (χ3v) is 5.48. The van der Waals surface area contributed by atoms with Gasteiger partial charge in [-0.05, 0) is 35.2 Å². The molecule has 0 saturated carbocycles. The first-order chi connectivity index (χ1) is 14.8. The first-order valence-electron chi connectivity index (χ1n) is 9.89. The molecular weight excluding hydrogens is 390 g/mol. The summed E-state index contributed by atoms with van der Waals surface area (Å²) in [6, 6.07) is 27.8. The molecule has 1 amide bonds. The van der Waals surface area contributed by atoms with E-state index in [0.29, 0.717) is 13.0 Å². The van der Waals surface area contributed by atoms with Crippen molar-refractivity contribution in [3.8, 4) is 11.1 Å². The van der Waals surface area contributed by atoms with Crippen LogP contribution in [0.15, 0.2) is 95.8 Å². The predicted molar refractivity (Wildman–Crippen MR) is 123 cm³/mol. The van der Waals surface area contributed by atoms with E-state index in [4.69, 9.17) is 0 Å². The van der Waals surface area contributed by atoms with Crippen molar-refractivity contribution in [3.05, 3.63) is 107 Å². The lowest BCUT2D eigenvalue weighted by molar-refractivity contribution is -0.118. The van der Waals surface area contributed by atoms with E-state index in [0.717, 1.165) is 28.1 Å². The molecular formula is C25H23N3OS. The number of hydrogen-bond acceptors (Lipinski definition) is 4. The van der Waals surface area contributed by atoms with Gasteiger partial charge in [-0.1, -0.05) is 72.8 Å². The Balaban J connectivity index is 1.49. The largest absolute Gasteiger partial charge is 0.325 e. The molecule has 0 bridgehead atoms. The highest BCUT2D eigenvalue weighted by Gasteiger charge is 2.19. The molecule has 1 unspecified atom stereocenters. The van der Waals surface area contributed by atoms with Crippen LogP contribution in [-0.2, 0) is 17.8 Å². The number of benzene rings is 3. The minimum absolute atomic E-state index is 0.0562. The normalized spacial score (nSPS) is 11.7. The highest BCUT2D eigenvalue weighted by atomic mass is 32.1. The first kappa shape index (κ1) is 20.0. The first-order valence-corrected chi connectivity index (χ1v) is 10.8. The number of aromatic nitrogens is 1. The molecule has 0 aliphatic rings. The Morgan fingerprint density at radius 3 is 2.37 bits per heavy atom. The van der Waals surface area contributed by atoms with Crippen LogP contribution in [0.4, 0.5) is 5.69 Å². The molecule has 30 heavy (non-hydrogen) atoms. The molecule has 4 nitrogen and oxygen atoms in total. The lowest BCUT2D eigenvalue weighted by atomic mass is 10.0. The van der Waals surface area contributed by atoms with Gasteiger partial charge in [-0.3, -0.25) is 10.1 Å². The van der Waals surface area contributed by atoms with Crippen molar-refractivity contribution in [2.45, 2.75) is 19.0 Å². The summed E-state index contributed by atoms with van der Waals surface area (Å²) in [6.45, 7) is 0.554. The number of amides is 1. The van der Waals surface area contributed by atoms with E-state index >= 15 is 0 Å². The van der Waals surface area contributed by atoms with Crippen molar-refractivity contribution >= 4 is 22.9 Å². The van der Waals surface area contributed by atoms with Gasteiger partial charge < -0.3 is 5.32 Å². The average molecular weight is 414 g/mol. The van der Waals surface area contributed by atoms with E-state index < -0.39 is 0 Å². The molecule has 1 heterocycles. The summed E-state index contributed by atoms with van der Waals surface area (Å²) in [5, 5.41) is 8.45. The maximum Gasteiger partial charge on any atom is 0.241 e. The fourth-order valence-corrected chi connectivity index (χ4v) is 3.85. The zero-order valence-electron chi connectivity index (χ0n) is 16.5. The smallest absolute Gasteiger partial charge is 0.241 e. The highest BCUT2D eigenvalue weighted by Crippen LogP contribution is 2.22. The topological polar surface area (TPSA) is 54.0 Å². The van der Waals surface area contributed by atoms with Gasteiger partial charge >= 0.3 is 0 Å². The fraction of sp³-hybridized carbons (Fsp3) is 0.120. The summed E-state index contributed by atoms with van der Waals surface area (Å²) >= 11 is 1.55. The molecule has 0 saturated heterocycles. The molecule has 0 spiro atoms. The quantitative estimate of drug-likeness (QED) is 0.420. The maximum atomic E-state index is 13.1. The molecule has 1 aromatic heterocycles. The average Bonchev–Trinajstić information content (AvgIpc) is 3.32. The van der Waals surface area contributed by atoms with Crippen LogP contribution in [-0.4, -0.2) is 16.9 Å². The summed E-state index contributed by atoms with van der Waals surface area (Å²) in [7, 11) is 0. The monoisotopic (exact) mass is 413 g/mol. The molecule has 0 aliphatic heterocycles. The molecule has 0 radical (unpaired) electrons. The Bertz CT molecular complexity index is 1070. The maximum absolute atomic E-state index is 13.1. The van der Waals surface area contributed by atoms with Crippen molar-refractivity contribution in [2.24, 2.45) is 0 Å². The van der Waals surface area contributed by atoms with Gasteiger partial charge in [0.1, 0.15) is 0 Å². The molecule has 4 aromatic rings. The summed E-state index contributed by atoms with van der Waals surface area (Å²) in [5.41, 5.74) is 6.84. The van der Waals surface area contributed by atoms with Gasteiger partial charge in [-0.15, -0.1) is 11.3 Å². The number of carbonyl (C=O) groups excluding carboxylic acids is 1. The second-order valence-corrected chi connectivity index (χ2v) is 7.76. The minimum Gasteiger partial charge on any atom is -0.325 e. The number of carbonyl (C=O) groups is 1. The molecule has 150 valence electrons. The van der Waals surface area contributed by atoms with Crippen LogP contribution >= 0.6 is 11.3 Å². The molecule has 0 aliphatic carbocycles. The standard InChI is InChI=1S/C25H23N3OS/c29-25(28-22-13-7-12-21(15-22)20-10-5-2-6-11-20)24(14-19-8-3-1-4-9-19)26-16-23-17-30-18-27-23/h1-13,15,17-18,24,26H,14,16H2,(H,28,29). The molecule has 2 N–H and O–H groups in total. The van der Waals surface area contributed by atoms with Crippen LogP contribution in [0.5, 0.6) is 0 Å². The minimum atomic E-state index is -0.366. The van der Waals surface area contributed by atoms with Crippen molar-refractivity contribution in [1.82, 2.24) is 10.3 Å². The zero-order valence-corrected chi connectivity index (χ0v) is 17.3. The summed E-state index contributed by atoms with van der Waals surface area (Å²) in [5.74, 6) is -0.0562. The third kappa shape index (κ3) is 5.41. The number of nitrogens with one attached hydrogen (secondary N) is 2. The van der Waals surface area contributed by atoms with Crippen LogP contribution in [0.3, 0.4) is 0 Å². The highest BCUT2D eigenvalue weighted by molar-refractivity contribution is 7.07. The van der Waals surface area contributed by atoms with Crippen LogP contribution in [0.1, 0.15) is 11.3 Å². The van der Waals surface area contributed by atoms with Crippen LogP contribution in [0.2, 0.25) is 0 Å². The summed E-state index contributed by atoms with van der Waals surface area (Å²) < 4.78 is 0. The van der Waals surface area contributed by atoms with E-state index in [1.54, 1.807) is 16.8 Å². The van der Waals surface area contributed by atoms with Crippen LogP contribution in [0, 0.1) is 0 Å². The Labute approximate surface area is 180 Å². The number of thiazole rings is 1. The SMILES string of the molecule is O=C(Nc1cccc(-c2ccccc2)c1)C(Cc1ccccc1)NCc1cscn1. The molecule has 4 rings (SSSR count). The van der Waals surface area contributed by atoms with Gasteiger partial charge in [-0.2, -0.15) is 0 Å². The van der Waals surface area contributed by atoms with Gasteiger partial charge in [0.15, 0.2) is 0 Å². The summed E-state index contributed by atoms with van der Waals surface area (Å²) in [4.78, 5) is 17.4. The molecule has 5 heteroatoms. The van der Waals surface area contributed by atoms with E-state index in [-0.39, 0.29) is 11.9 Å². The molecule has 3 aromatic carbocycles. The Kier molecular flexibility index (Phi) is 6.65. The van der Waals surface area contributed by atoms with Crippen LogP contribution < -0.4 is 10.6 Å². The van der Waals surface area contributed by atoms with E-state index in [9.17, 15) is 4.79 Å². The lowest BCUT2D eigenvalue weighted by Gasteiger charge is -2.18. The van der Waals surface area contributed by atoms with Crippen molar-refractivity contribution in [3.63, 3.8) is 0 Å². The number of hydrogen-bond donors (Lipinski definition) is 2. The lowest BCUT2D eigenvalue weighted by Crippen LogP contribution is -2.41. The Morgan fingerprint density at radius 2 is 1.63 bits per heavy atom. The number of anilines is 1. The van der Waals surface area contributed by atoms with Crippen molar-refractivity contribution < 1.29 is 4.79 Å². The second-order valence-electron chi connectivity index (χ2n) is 7.04. The second kappa shape index (κ2) is 9.96. The molecule has 0 fully saturated rings. The van der Waals surface area contributed by atoms with E-state index in [1.807, 2.05) is 78.2 Å². The predicted octanol–water partition coefficient (Wildman–Crippen LogP) is 5.15. The molecule has 1 atom stereocenters. The van der Waals surface area contributed by atoms with Crippen molar-refractivity contribution in [1.29, 1.82) is 0 Å². The number of rotatable bonds is 8. The van der Waals surface area contributed by atoms with Gasteiger partial charge in [-0.25, -0.2) is 4.98 Å². The van der Waals surface area contributed by atoms with E-state index in [1.165, 1.54) is 0 Å². The number of nitrogens with zero attached hydrogens (tertiary/aromatic N) is 1. The van der Waals surface area contributed by atoms with Crippen LogP contribution in [0.25, 0.3) is 11.1 Å². The van der Waals surface area contributed by atoms with Gasteiger partial charge in [0.25, 0.3) is 0 Å². The zero-order chi connectivity index (χ0) is 20.6. The van der Waals surface area contributed by atoms with Crippen molar-refractivity contribution in [2.75, 3.05) is 5.32 Å². The summed E-state index contributed by atoms with van der Waals surface area (Å²) in [6.07, 6.45) is 0.606. The third-order valence-electron chi connectivity index (χ3n) is 4.85. The van der Waals surface area contributed by atoms with Gasteiger partial charge in [0, 0.05) is 17.6 Å². The van der Waals surface area contributed by atoms with Gasteiger partial charge in [0.2, 0.25) is 5.91 Å². The van der Waals surface area contributed by atoms with Gasteiger partial charge in [0.05, 0.1) is 17.2 Å². The fourth-order valence-electron chi connectivity index (χ4n) is 3.30. The Morgan fingerprint density at radius 1 is 0.900 bits per heavy atom. The van der Waals surface area contributed by atoms with E-state index in [2.05, 4.69) is 27.8 Å². The Hall–Kier alpha value is -3.28.